The third-order valence-electron chi connectivity index (χ3n) is 5.95. The molecule has 0 radical (unpaired) electrons. The number of piperidine rings is 1. The molecule has 2 aromatic carbocycles. The molecule has 0 unspecified atom stereocenters. The van der Waals surface area contributed by atoms with Crippen LogP contribution in [0.2, 0.25) is 5.02 Å². The predicted octanol–water partition coefficient (Wildman–Crippen LogP) is 4.69. The molecule has 3 aromatic rings. The Morgan fingerprint density at radius 3 is 2.48 bits per heavy atom. The van der Waals surface area contributed by atoms with Crippen molar-refractivity contribution in [3.8, 4) is 0 Å². The van der Waals surface area contributed by atoms with Crippen molar-refractivity contribution in [1.82, 2.24) is 9.47 Å². The zero-order valence-corrected chi connectivity index (χ0v) is 18.5. The highest BCUT2D eigenvalue weighted by atomic mass is 35.5. The lowest BCUT2D eigenvalue weighted by Gasteiger charge is -2.31. The third-order valence-corrected chi connectivity index (χ3v) is 6.20. The maximum atomic E-state index is 13.0. The van der Waals surface area contributed by atoms with Crippen molar-refractivity contribution in [2.24, 2.45) is 5.92 Å². The van der Waals surface area contributed by atoms with E-state index < -0.39 is 0 Å². The number of likely N-dealkylation sites (tertiary alicyclic amines) is 1. The van der Waals surface area contributed by atoms with Gasteiger partial charge in [0.05, 0.1) is 18.9 Å². The summed E-state index contributed by atoms with van der Waals surface area (Å²) >= 11 is 6.01. The fraction of sp³-hybridized carbons (Fsp3) is 0.360. The first-order valence-electron chi connectivity index (χ1n) is 10.8. The van der Waals surface area contributed by atoms with Crippen LogP contribution in [-0.4, -0.2) is 41.0 Å². The van der Waals surface area contributed by atoms with Crippen molar-refractivity contribution in [2.45, 2.75) is 32.7 Å². The van der Waals surface area contributed by atoms with Gasteiger partial charge in [-0.15, -0.1) is 0 Å². The summed E-state index contributed by atoms with van der Waals surface area (Å²) in [6.45, 7) is 4.15. The number of aromatic nitrogens is 1. The molecule has 0 saturated carbocycles. The zero-order chi connectivity index (χ0) is 21.8. The first-order valence-corrected chi connectivity index (χ1v) is 11.2. The van der Waals surface area contributed by atoms with Crippen molar-refractivity contribution in [1.29, 1.82) is 0 Å². The third kappa shape index (κ3) is 4.93. The fourth-order valence-corrected chi connectivity index (χ4v) is 4.41. The van der Waals surface area contributed by atoms with Crippen molar-refractivity contribution >= 4 is 34.4 Å². The van der Waals surface area contributed by atoms with E-state index in [1.165, 1.54) is 0 Å². The molecule has 0 spiro atoms. The molecule has 1 aliphatic heterocycles. The minimum Gasteiger partial charge on any atom is -0.466 e. The van der Waals surface area contributed by atoms with E-state index in [1.54, 1.807) is 0 Å². The van der Waals surface area contributed by atoms with Gasteiger partial charge in [-0.3, -0.25) is 9.59 Å². The van der Waals surface area contributed by atoms with Crippen molar-refractivity contribution in [3.63, 3.8) is 0 Å². The monoisotopic (exact) mass is 438 g/mol. The van der Waals surface area contributed by atoms with E-state index in [1.807, 2.05) is 48.2 Å². The number of amides is 1. The number of para-hydroxylation sites is 1. The number of carbonyl (C=O) groups excluding carboxylic acids is 2. The lowest BCUT2D eigenvalue weighted by molar-refractivity contribution is -0.151. The van der Waals surface area contributed by atoms with Crippen LogP contribution in [-0.2, 0) is 27.3 Å². The Labute approximate surface area is 187 Å². The fourth-order valence-electron chi connectivity index (χ4n) is 4.28. The van der Waals surface area contributed by atoms with Gasteiger partial charge in [-0.1, -0.05) is 41.9 Å². The second-order valence-corrected chi connectivity index (χ2v) is 8.45. The molecule has 0 N–H and O–H groups in total. The van der Waals surface area contributed by atoms with Gasteiger partial charge < -0.3 is 14.2 Å². The topological polar surface area (TPSA) is 51.5 Å². The highest BCUT2D eigenvalue weighted by molar-refractivity contribution is 6.30. The van der Waals surface area contributed by atoms with Gasteiger partial charge in [-0.25, -0.2) is 0 Å². The van der Waals surface area contributed by atoms with E-state index in [9.17, 15) is 9.59 Å². The number of nitrogens with zero attached hydrogens (tertiary/aromatic N) is 2. The summed E-state index contributed by atoms with van der Waals surface area (Å²) in [6.07, 6.45) is 3.78. The lowest BCUT2D eigenvalue weighted by atomic mass is 9.96. The number of esters is 1. The lowest BCUT2D eigenvalue weighted by Crippen LogP contribution is -2.41. The zero-order valence-electron chi connectivity index (χ0n) is 17.7. The molecule has 1 saturated heterocycles. The molecular formula is C25H27ClN2O3. The minimum absolute atomic E-state index is 0.0923. The highest BCUT2D eigenvalue weighted by Crippen LogP contribution is 2.25. The minimum atomic E-state index is -0.139. The van der Waals surface area contributed by atoms with E-state index in [0.717, 1.165) is 33.6 Å². The molecule has 4 rings (SSSR count). The van der Waals surface area contributed by atoms with Crippen LogP contribution in [0.15, 0.2) is 54.7 Å². The number of hydrogen-bond acceptors (Lipinski definition) is 3. The molecular weight excluding hydrogens is 412 g/mol. The van der Waals surface area contributed by atoms with E-state index >= 15 is 0 Å². The van der Waals surface area contributed by atoms with Crippen LogP contribution in [0.5, 0.6) is 0 Å². The largest absolute Gasteiger partial charge is 0.466 e. The van der Waals surface area contributed by atoms with Gasteiger partial charge >= 0.3 is 5.97 Å². The van der Waals surface area contributed by atoms with Gasteiger partial charge in [0, 0.05) is 41.8 Å². The van der Waals surface area contributed by atoms with Crippen molar-refractivity contribution in [3.05, 3.63) is 70.9 Å². The summed E-state index contributed by atoms with van der Waals surface area (Å²) in [5.74, 6) is -0.123. The Hall–Kier alpha value is -2.79. The van der Waals surface area contributed by atoms with Gasteiger partial charge in [0.1, 0.15) is 0 Å². The second-order valence-electron chi connectivity index (χ2n) is 8.01. The van der Waals surface area contributed by atoms with Gasteiger partial charge in [0.2, 0.25) is 5.91 Å². The number of carbonyl (C=O) groups is 2. The molecule has 31 heavy (non-hydrogen) atoms. The molecule has 1 amide bonds. The Morgan fingerprint density at radius 2 is 1.77 bits per heavy atom. The van der Waals surface area contributed by atoms with Gasteiger partial charge in [-0.05, 0) is 49.1 Å². The molecule has 2 heterocycles. The first kappa shape index (κ1) is 21.4. The average molecular weight is 439 g/mol. The van der Waals surface area contributed by atoms with Crippen LogP contribution in [0.1, 0.15) is 30.9 Å². The summed E-state index contributed by atoms with van der Waals surface area (Å²) in [5, 5.41) is 1.82. The van der Waals surface area contributed by atoms with Gasteiger partial charge in [0.25, 0.3) is 0 Å². The molecule has 162 valence electrons. The molecule has 6 heteroatoms. The van der Waals surface area contributed by atoms with Gasteiger partial charge in [-0.2, -0.15) is 0 Å². The quantitative estimate of drug-likeness (QED) is 0.525. The maximum Gasteiger partial charge on any atom is 0.309 e. The summed E-state index contributed by atoms with van der Waals surface area (Å²) < 4.78 is 7.32. The SMILES string of the molecule is CCOC(=O)C1CCN(C(=O)Cc2cn(Cc3ccc(Cl)cc3)c3ccccc23)CC1. The highest BCUT2D eigenvalue weighted by Gasteiger charge is 2.28. The van der Waals surface area contributed by atoms with Crippen LogP contribution >= 0.6 is 11.6 Å². The van der Waals surface area contributed by atoms with E-state index in [0.29, 0.717) is 39.0 Å². The number of fused-ring (bicyclic) bond motifs is 1. The maximum absolute atomic E-state index is 13.0. The smallest absolute Gasteiger partial charge is 0.309 e. The normalized spacial score (nSPS) is 14.7. The summed E-state index contributed by atoms with van der Waals surface area (Å²) in [6, 6.07) is 16.0. The summed E-state index contributed by atoms with van der Waals surface area (Å²) in [7, 11) is 0. The number of halogens is 1. The number of benzene rings is 2. The van der Waals surface area contributed by atoms with Crippen LogP contribution < -0.4 is 0 Å². The summed E-state index contributed by atoms with van der Waals surface area (Å²) in [5.41, 5.74) is 3.30. The Morgan fingerprint density at radius 1 is 1.06 bits per heavy atom. The first-order chi connectivity index (χ1) is 15.0. The van der Waals surface area contributed by atoms with E-state index in [-0.39, 0.29) is 17.8 Å². The van der Waals surface area contributed by atoms with Crippen LogP contribution in [0.4, 0.5) is 0 Å². The second kappa shape index (κ2) is 9.56. The van der Waals surface area contributed by atoms with Crippen molar-refractivity contribution < 1.29 is 14.3 Å². The van der Waals surface area contributed by atoms with Crippen LogP contribution in [0.25, 0.3) is 10.9 Å². The number of rotatable bonds is 6. The van der Waals surface area contributed by atoms with E-state index in [4.69, 9.17) is 16.3 Å². The van der Waals surface area contributed by atoms with Gasteiger partial charge in [0.15, 0.2) is 0 Å². The predicted molar refractivity (Wildman–Crippen MR) is 122 cm³/mol. The Kier molecular flexibility index (Phi) is 6.62. The molecule has 1 fully saturated rings. The number of hydrogen-bond donors (Lipinski definition) is 0. The van der Waals surface area contributed by atoms with Crippen LogP contribution in [0, 0.1) is 5.92 Å². The summed E-state index contributed by atoms with van der Waals surface area (Å²) in [4.78, 5) is 26.8. The van der Waals surface area contributed by atoms with E-state index in [2.05, 4.69) is 22.9 Å². The molecule has 0 atom stereocenters. The Balaban J connectivity index is 1.47. The molecule has 5 nitrogen and oxygen atoms in total. The molecule has 0 bridgehead atoms. The molecule has 1 aliphatic rings. The van der Waals surface area contributed by atoms with Crippen LogP contribution in [0.3, 0.4) is 0 Å². The average Bonchev–Trinajstić information content (AvgIpc) is 3.13. The van der Waals surface area contributed by atoms with Crippen molar-refractivity contribution in [2.75, 3.05) is 19.7 Å². The number of ether oxygens (including phenoxy) is 1. The molecule has 1 aromatic heterocycles. The Bertz CT molecular complexity index is 1070. The molecule has 0 aliphatic carbocycles. The standard InChI is InChI=1S/C25H27ClN2O3/c1-2-31-25(30)19-11-13-27(14-12-19)24(29)15-20-17-28(23-6-4-3-5-22(20)23)16-18-7-9-21(26)10-8-18/h3-10,17,19H,2,11-16H2,1H3.